The molecule has 2 fully saturated rings. The Hall–Kier alpha value is 0.350. The van der Waals surface area contributed by atoms with Gasteiger partial charge in [0.05, 0.1) is 0 Å². The average Bonchev–Trinajstić information content (AvgIpc) is 2.37. The van der Waals surface area contributed by atoms with Crippen LogP contribution in [-0.2, 0) is 0 Å². The van der Waals surface area contributed by atoms with Crippen molar-refractivity contribution in [3.63, 3.8) is 0 Å². The highest BCUT2D eigenvalue weighted by molar-refractivity contribution is 8.01. The molecule has 9 heavy (non-hydrogen) atoms. The summed E-state index contributed by atoms with van der Waals surface area (Å²) in [6.07, 6.45) is 3.00. The van der Waals surface area contributed by atoms with Crippen LogP contribution in [0.25, 0.3) is 0 Å². The van der Waals surface area contributed by atoms with Gasteiger partial charge in [-0.15, -0.1) is 0 Å². The van der Waals surface area contributed by atoms with Crippen molar-refractivity contribution in [3.8, 4) is 0 Å². The van der Waals surface area contributed by atoms with Crippen LogP contribution < -0.4 is 0 Å². The maximum absolute atomic E-state index is 2.42. The Bertz CT molecular complexity index is 104. The van der Waals surface area contributed by atoms with Gasteiger partial charge in [-0.1, -0.05) is 13.8 Å². The first-order valence-corrected chi connectivity index (χ1v) is 4.89. The standard InChI is InChI=1S/C8H14S/c1-5-6(2)8-4-3-7(5)9-8/h5-8H,3-4H2,1-2H3. The molecular weight excluding hydrogens is 128 g/mol. The summed E-state index contributed by atoms with van der Waals surface area (Å²) in [6.45, 7) is 4.84. The molecule has 1 heteroatoms. The summed E-state index contributed by atoms with van der Waals surface area (Å²) in [5.41, 5.74) is 0. The van der Waals surface area contributed by atoms with Crippen molar-refractivity contribution in [2.75, 3.05) is 0 Å². The predicted octanol–water partition coefficient (Wildman–Crippen LogP) is 2.54. The third kappa shape index (κ3) is 0.739. The van der Waals surface area contributed by atoms with E-state index in [-0.39, 0.29) is 0 Å². The third-order valence-electron chi connectivity index (χ3n) is 3.09. The largest absolute Gasteiger partial charge is 0.155 e. The number of rotatable bonds is 0. The van der Waals surface area contributed by atoms with Gasteiger partial charge in [-0.25, -0.2) is 0 Å². The molecule has 0 aromatic carbocycles. The highest BCUT2D eigenvalue weighted by atomic mass is 32.2. The predicted molar refractivity (Wildman–Crippen MR) is 42.7 cm³/mol. The first-order valence-electron chi connectivity index (χ1n) is 3.94. The lowest BCUT2D eigenvalue weighted by Crippen LogP contribution is -2.21. The lowest BCUT2D eigenvalue weighted by molar-refractivity contribution is 0.330. The molecule has 0 amide bonds. The Labute approximate surface area is 61.4 Å². The van der Waals surface area contributed by atoms with Crippen LogP contribution in [0.1, 0.15) is 26.7 Å². The fourth-order valence-corrected chi connectivity index (χ4v) is 4.12. The van der Waals surface area contributed by atoms with Crippen molar-refractivity contribution in [3.05, 3.63) is 0 Å². The van der Waals surface area contributed by atoms with Crippen molar-refractivity contribution >= 4 is 11.8 Å². The first-order chi connectivity index (χ1) is 4.29. The zero-order valence-electron chi connectivity index (χ0n) is 6.13. The Morgan fingerprint density at radius 2 is 1.44 bits per heavy atom. The fourth-order valence-electron chi connectivity index (χ4n) is 2.14. The molecule has 4 unspecified atom stereocenters. The molecule has 2 rings (SSSR count). The minimum Gasteiger partial charge on any atom is -0.155 e. The van der Waals surface area contributed by atoms with Crippen LogP contribution in [0.5, 0.6) is 0 Å². The molecule has 2 heterocycles. The summed E-state index contributed by atoms with van der Waals surface area (Å²) >= 11 is 2.25. The van der Waals surface area contributed by atoms with E-state index in [0.717, 1.165) is 22.3 Å². The molecule has 0 N–H and O–H groups in total. The summed E-state index contributed by atoms with van der Waals surface area (Å²) in [5, 5.41) is 2.06. The molecule has 0 radical (unpaired) electrons. The van der Waals surface area contributed by atoms with Gasteiger partial charge in [0.15, 0.2) is 0 Å². The molecule has 0 aliphatic carbocycles. The van der Waals surface area contributed by atoms with E-state index in [9.17, 15) is 0 Å². The van der Waals surface area contributed by atoms with E-state index in [1.807, 2.05) is 0 Å². The molecular formula is C8H14S. The summed E-state index contributed by atoms with van der Waals surface area (Å²) in [6, 6.07) is 0. The molecule has 2 saturated heterocycles. The Kier molecular flexibility index (Phi) is 1.29. The average molecular weight is 142 g/mol. The molecule has 0 saturated carbocycles. The second kappa shape index (κ2) is 1.91. The number of fused-ring (bicyclic) bond motifs is 2. The maximum Gasteiger partial charge on any atom is 0.00789 e. The molecule has 2 aliphatic rings. The highest BCUT2D eigenvalue weighted by Crippen LogP contribution is 2.52. The lowest BCUT2D eigenvalue weighted by Gasteiger charge is -2.22. The molecule has 0 spiro atoms. The van der Waals surface area contributed by atoms with Gasteiger partial charge in [0.2, 0.25) is 0 Å². The monoisotopic (exact) mass is 142 g/mol. The number of hydrogen-bond donors (Lipinski definition) is 0. The van der Waals surface area contributed by atoms with Gasteiger partial charge in [0, 0.05) is 10.5 Å². The van der Waals surface area contributed by atoms with Crippen LogP contribution in [0.2, 0.25) is 0 Å². The van der Waals surface area contributed by atoms with Crippen LogP contribution in [0, 0.1) is 11.8 Å². The van der Waals surface area contributed by atoms with Crippen LogP contribution in [0.15, 0.2) is 0 Å². The van der Waals surface area contributed by atoms with E-state index in [4.69, 9.17) is 0 Å². The van der Waals surface area contributed by atoms with Crippen molar-refractivity contribution in [1.29, 1.82) is 0 Å². The van der Waals surface area contributed by atoms with E-state index >= 15 is 0 Å². The number of hydrogen-bond acceptors (Lipinski definition) is 1. The first kappa shape index (κ1) is 6.09. The van der Waals surface area contributed by atoms with E-state index in [1.54, 1.807) is 0 Å². The molecule has 0 aromatic rings. The van der Waals surface area contributed by atoms with Crippen molar-refractivity contribution in [2.24, 2.45) is 11.8 Å². The second-order valence-electron chi connectivity index (χ2n) is 3.51. The maximum atomic E-state index is 2.42. The van der Waals surface area contributed by atoms with E-state index in [1.165, 1.54) is 12.8 Å². The van der Waals surface area contributed by atoms with Crippen LogP contribution >= 0.6 is 11.8 Å². The van der Waals surface area contributed by atoms with Crippen LogP contribution in [0.3, 0.4) is 0 Å². The molecule has 0 aromatic heterocycles. The van der Waals surface area contributed by atoms with Gasteiger partial charge in [-0.2, -0.15) is 11.8 Å². The van der Waals surface area contributed by atoms with Gasteiger partial charge < -0.3 is 0 Å². The van der Waals surface area contributed by atoms with Gasteiger partial charge >= 0.3 is 0 Å². The van der Waals surface area contributed by atoms with Gasteiger partial charge in [0.25, 0.3) is 0 Å². The minimum atomic E-state index is 1.01. The third-order valence-corrected chi connectivity index (χ3v) is 5.12. The normalized spacial score (nSPS) is 56.7. The van der Waals surface area contributed by atoms with E-state index in [2.05, 4.69) is 25.6 Å². The highest BCUT2D eigenvalue weighted by Gasteiger charge is 2.43. The number of thioether (sulfide) groups is 1. The molecule has 52 valence electrons. The van der Waals surface area contributed by atoms with E-state index < -0.39 is 0 Å². The zero-order valence-corrected chi connectivity index (χ0v) is 6.95. The van der Waals surface area contributed by atoms with Gasteiger partial charge in [-0.05, 0) is 24.7 Å². The summed E-state index contributed by atoms with van der Waals surface area (Å²) in [5.74, 6) is 2.02. The fraction of sp³-hybridized carbons (Fsp3) is 1.00. The van der Waals surface area contributed by atoms with Crippen LogP contribution in [0.4, 0.5) is 0 Å². The Morgan fingerprint density at radius 1 is 1.00 bits per heavy atom. The molecule has 2 bridgehead atoms. The lowest BCUT2D eigenvalue weighted by atomic mass is 9.82. The van der Waals surface area contributed by atoms with Gasteiger partial charge in [-0.3, -0.25) is 0 Å². The molecule has 2 aliphatic heterocycles. The van der Waals surface area contributed by atoms with E-state index in [0.29, 0.717) is 0 Å². The minimum absolute atomic E-state index is 1.01. The Balaban J connectivity index is 2.15. The van der Waals surface area contributed by atoms with Crippen molar-refractivity contribution in [1.82, 2.24) is 0 Å². The SMILES string of the molecule is CC1C2CCC(S2)C1C. The van der Waals surface area contributed by atoms with Crippen molar-refractivity contribution in [2.45, 2.75) is 37.2 Å². The summed E-state index contributed by atoms with van der Waals surface area (Å²) in [4.78, 5) is 0. The second-order valence-corrected chi connectivity index (χ2v) is 4.99. The molecule has 0 nitrogen and oxygen atoms in total. The topological polar surface area (TPSA) is 0 Å². The quantitative estimate of drug-likeness (QED) is 0.501. The summed E-state index contributed by atoms with van der Waals surface area (Å²) < 4.78 is 0. The zero-order chi connectivity index (χ0) is 6.43. The smallest absolute Gasteiger partial charge is 0.00789 e. The van der Waals surface area contributed by atoms with Crippen LogP contribution in [-0.4, -0.2) is 10.5 Å². The molecule has 4 atom stereocenters. The van der Waals surface area contributed by atoms with Crippen molar-refractivity contribution < 1.29 is 0 Å². The Morgan fingerprint density at radius 3 is 1.67 bits per heavy atom. The summed E-state index contributed by atoms with van der Waals surface area (Å²) in [7, 11) is 0. The van der Waals surface area contributed by atoms with Gasteiger partial charge in [0.1, 0.15) is 0 Å².